The lowest BCUT2D eigenvalue weighted by molar-refractivity contribution is -0.127. The van der Waals surface area contributed by atoms with E-state index >= 15 is 0 Å². The smallest absolute Gasteiger partial charge is 0.223 e. The second kappa shape index (κ2) is 10.1. The number of nitrogens with one attached hydrogen (secondary N) is 1. The molecule has 1 amide bonds. The summed E-state index contributed by atoms with van der Waals surface area (Å²) in [6.07, 6.45) is 1.77. The maximum absolute atomic E-state index is 12.6. The van der Waals surface area contributed by atoms with Gasteiger partial charge in [-0.1, -0.05) is 19.9 Å². The fraction of sp³-hybridized carbons (Fsp3) is 0.682. The fourth-order valence-corrected chi connectivity index (χ4v) is 3.92. The molecule has 1 aliphatic heterocycles. The molecule has 6 heteroatoms. The van der Waals surface area contributed by atoms with Gasteiger partial charge in [0, 0.05) is 25.6 Å². The molecule has 0 unspecified atom stereocenters. The Hall–Kier alpha value is -1.79. The molecular weight excluding hydrogens is 354 g/mol. The number of ether oxygens (including phenoxy) is 1. The molecule has 158 valence electrons. The lowest BCUT2D eigenvalue weighted by atomic mass is 9.91. The summed E-state index contributed by atoms with van der Waals surface area (Å²) < 4.78 is 5.47. The summed E-state index contributed by atoms with van der Waals surface area (Å²) in [6.45, 7) is 11.1. The Balaban J connectivity index is 1.79. The van der Waals surface area contributed by atoms with Crippen molar-refractivity contribution in [1.82, 2.24) is 15.1 Å². The minimum atomic E-state index is 0.0665. The van der Waals surface area contributed by atoms with Crippen LogP contribution in [-0.4, -0.2) is 67.7 Å². The number of carbonyl (C=O) groups excluding carboxylic acids is 1. The third-order valence-electron chi connectivity index (χ3n) is 5.17. The summed E-state index contributed by atoms with van der Waals surface area (Å²) in [7, 11) is 4.12. The number of piperidine rings is 1. The van der Waals surface area contributed by atoms with Crippen molar-refractivity contribution in [2.45, 2.75) is 40.2 Å². The van der Waals surface area contributed by atoms with Crippen molar-refractivity contribution in [2.24, 2.45) is 11.3 Å². The van der Waals surface area contributed by atoms with E-state index in [-0.39, 0.29) is 23.0 Å². The highest BCUT2D eigenvalue weighted by Crippen LogP contribution is 2.28. The lowest BCUT2D eigenvalue weighted by Crippen LogP contribution is -2.44. The molecule has 6 nitrogen and oxygen atoms in total. The molecule has 1 aliphatic rings. The first-order valence-electron chi connectivity index (χ1n) is 10.3. The molecule has 0 atom stereocenters. The van der Waals surface area contributed by atoms with Crippen molar-refractivity contribution in [1.29, 1.82) is 0 Å². The maximum Gasteiger partial charge on any atom is 0.223 e. The molecule has 0 bridgehead atoms. The summed E-state index contributed by atoms with van der Waals surface area (Å²) >= 11 is 0. The normalized spacial score (nSPS) is 16.4. The van der Waals surface area contributed by atoms with Gasteiger partial charge in [0.25, 0.3) is 0 Å². The van der Waals surface area contributed by atoms with Gasteiger partial charge in [-0.25, -0.2) is 0 Å². The van der Waals surface area contributed by atoms with E-state index in [0.717, 1.165) is 44.6 Å². The van der Waals surface area contributed by atoms with Crippen LogP contribution in [0.25, 0.3) is 0 Å². The fourth-order valence-electron chi connectivity index (χ4n) is 3.92. The zero-order valence-electron chi connectivity index (χ0n) is 18.1. The molecule has 0 spiro atoms. The van der Waals surface area contributed by atoms with Crippen LogP contribution in [0.15, 0.2) is 18.2 Å². The molecule has 1 heterocycles. The van der Waals surface area contributed by atoms with Gasteiger partial charge in [0.05, 0.1) is 6.61 Å². The SMILES string of the molecule is CCOc1cc(CN2CCC(C(=O)NCC(C)(C)CN(C)C)CC2)ccc1O. The molecule has 0 radical (unpaired) electrons. The van der Waals surface area contributed by atoms with Crippen molar-refractivity contribution >= 4 is 5.91 Å². The lowest BCUT2D eigenvalue weighted by Gasteiger charge is -2.33. The Morgan fingerprint density at radius 2 is 2.00 bits per heavy atom. The predicted octanol–water partition coefficient (Wildman–Crippen LogP) is 2.71. The number of likely N-dealkylation sites (tertiary alicyclic amines) is 1. The van der Waals surface area contributed by atoms with E-state index in [1.807, 2.05) is 19.1 Å². The summed E-state index contributed by atoms with van der Waals surface area (Å²) in [4.78, 5) is 17.1. The van der Waals surface area contributed by atoms with Gasteiger partial charge in [-0.2, -0.15) is 0 Å². The standard InChI is InChI=1S/C22H37N3O3/c1-6-28-20-13-17(7-8-19(20)26)14-25-11-9-18(10-12-25)21(27)23-15-22(2,3)16-24(4)5/h7-8,13,18,26H,6,9-12,14-16H2,1-5H3,(H,23,27). The monoisotopic (exact) mass is 391 g/mol. The highest BCUT2D eigenvalue weighted by Gasteiger charge is 2.27. The number of amides is 1. The molecule has 2 N–H and O–H groups in total. The highest BCUT2D eigenvalue weighted by molar-refractivity contribution is 5.78. The molecule has 0 aromatic heterocycles. The number of rotatable bonds is 9. The third-order valence-corrected chi connectivity index (χ3v) is 5.17. The van der Waals surface area contributed by atoms with Gasteiger partial charge >= 0.3 is 0 Å². The first-order chi connectivity index (χ1) is 13.2. The Labute approximate surface area is 169 Å². The van der Waals surface area contributed by atoms with Crippen molar-refractivity contribution in [3.8, 4) is 11.5 Å². The van der Waals surface area contributed by atoms with E-state index in [1.165, 1.54) is 0 Å². The van der Waals surface area contributed by atoms with Crippen LogP contribution >= 0.6 is 0 Å². The number of carbonyl (C=O) groups is 1. The number of nitrogens with zero attached hydrogens (tertiary/aromatic N) is 2. The number of phenolic OH excluding ortho intramolecular Hbond substituents is 1. The number of phenols is 1. The number of hydrogen-bond donors (Lipinski definition) is 2. The molecular formula is C22H37N3O3. The largest absolute Gasteiger partial charge is 0.504 e. The summed E-state index contributed by atoms with van der Waals surface area (Å²) in [5.41, 5.74) is 1.19. The second-order valence-electron chi connectivity index (χ2n) is 8.91. The molecule has 2 rings (SSSR count). The zero-order valence-corrected chi connectivity index (χ0v) is 18.1. The number of hydrogen-bond acceptors (Lipinski definition) is 5. The molecule has 1 aromatic rings. The van der Waals surface area contributed by atoms with Crippen molar-refractivity contribution in [3.63, 3.8) is 0 Å². The quantitative estimate of drug-likeness (QED) is 0.678. The molecule has 1 aromatic carbocycles. The Morgan fingerprint density at radius 1 is 1.32 bits per heavy atom. The molecule has 28 heavy (non-hydrogen) atoms. The topological polar surface area (TPSA) is 65.0 Å². The highest BCUT2D eigenvalue weighted by atomic mass is 16.5. The minimum absolute atomic E-state index is 0.0665. The second-order valence-corrected chi connectivity index (χ2v) is 8.91. The molecule has 0 saturated carbocycles. The van der Waals surface area contributed by atoms with Gasteiger partial charge in [-0.05, 0) is 70.1 Å². The Kier molecular flexibility index (Phi) is 8.13. The third kappa shape index (κ3) is 6.99. The molecule has 1 saturated heterocycles. The first kappa shape index (κ1) is 22.5. The van der Waals surface area contributed by atoms with Gasteiger partial charge in [0.15, 0.2) is 11.5 Å². The zero-order chi connectivity index (χ0) is 20.7. The average molecular weight is 392 g/mol. The van der Waals surface area contributed by atoms with E-state index in [1.54, 1.807) is 6.07 Å². The average Bonchev–Trinajstić information content (AvgIpc) is 2.62. The van der Waals surface area contributed by atoms with Crippen molar-refractivity contribution in [2.75, 3.05) is 46.9 Å². The number of aromatic hydroxyl groups is 1. The van der Waals surface area contributed by atoms with Crippen LogP contribution in [0.1, 0.15) is 39.2 Å². The van der Waals surface area contributed by atoms with Crippen molar-refractivity contribution in [3.05, 3.63) is 23.8 Å². The molecule has 1 fully saturated rings. The Morgan fingerprint density at radius 3 is 2.61 bits per heavy atom. The van der Waals surface area contributed by atoms with Crippen LogP contribution in [0.3, 0.4) is 0 Å². The van der Waals surface area contributed by atoms with E-state index in [4.69, 9.17) is 4.74 Å². The van der Waals surface area contributed by atoms with E-state index in [0.29, 0.717) is 18.9 Å². The number of benzene rings is 1. The van der Waals surface area contributed by atoms with Gasteiger partial charge in [-0.3, -0.25) is 9.69 Å². The Bertz CT molecular complexity index is 638. The van der Waals surface area contributed by atoms with Crippen molar-refractivity contribution < 1.29 is 14.6 Å². The van der Waals surface area contributed by atoms with Crippen LogP contribution in [0.5, 0.6) is 11.5 Å². The van der Waals surface area contributed by atoms with E-state index in [9.17, 15) is 9.90 Å². The molecule has 0 aliphatic carbocycles. The first-order valence-corrected chi connectivity index (χ1v) is 10.3. The van der Waals surface area contributed by atoms with Crippen LogP contribution in [-0.2, 0) is 11.3 Å². The van der Waals surface area contributed by atoms with Crippen LogP contribution in [0, 0.1) is 11.3 Å². The summed E-state index contributed by atoms with van der Waals surface area (Å²) in [5.74, 6) is 1.01. The van der Waals surface area contributed by atoms with Crippen LogP contribution < -0.4 is 10.1 Å². The predicted molar refractivity (Wildman–Crippen MR) is 113 cm³/mol. The maximum atomic E-state index is 12.6. The van der Waals surface area contributed by atoms with Crippen LogP contribution in [0.4, 0.5) is 0 Å². The van der Waals surface area contributed by atoms with E-state index in [2.05, 4.69) is 43.1 Å². The van der Waals surface area contributed by atoms with Crippen LogP contribution in [0.2, 0.25) is 0 Å². The summed E-state index contributed by atoms with van der Waals surface area (Å²) in [5, 5.41) is 13.0. The van der Waals surface area contributed by atoms with Gasteiger partial charge in [0.2, 0.25) is 5.91 Å². The van der Waals surface area contributed by atoms with E-state index < -0.39 is 0 Å². The van der Waals surface area contributed by atoms with Gasteiger partial charge < -0.3 is 20.1 Å². The van der Waals surface area contributed by atoms with Gasteiger partial charge in [-0.15, -0.1) is 0 Å². The van der Waals surface area contributed by atoms with Gasteiger partial charge in [0.1, 0.15) is 0 Å². The minimum Gasteiger partial charge on any atom is -0.504 e. The summed E-state index contributed by atoms with van der Waals surface area (Å²) in [6, 6.07) is 5.53.